The zero-order valence-corrected chi connectivity index (χ0v) is 13.2. The average molecular weight is 336 g/mol. The first-order valence-corrected chi connectivity index (χ1v) is 8.50. The van der Waals surface area contributed by atoms with Crippen LogP contribution in [0.3, 0.4) is 0 Å². The van der Waals surface area contributed by atoms with E-state index in [0.717, 1.165) is 25.5 Å². The molecule has 1 saturated heterocycles. The highest BCUT2D eigenvalue weighted by Crippen LogP contribution is 2.30. The van der Waals surface area contributed by atoms with Crippen LogP contribution in [0.15, 0.2) is 17.0 Å². The first-order valence-electron chi connectivity index (χ1n) is 7.02. The molecule has 1 atom stereocenters. The van der Waals surface area contributed by atoms with Gasteiger partial charge < -0.3 is 5.32 Å². The first kappa shape index (κ1) is 17.2. The van der Waals surface area contributed by atoms with Gasteiger partial charge in [-0.2, -0.15) is 0 Å². The number of halogens is 3. The highest BCUT2D eigenvalue weighted by Gasteiger charge is 2.33. The summed E-state index contributed by atoms with van der Waals surface area (Å²) < 4.78 is 66.2. The van der Waals surface area contributed by atoms with E-state index in [9.17, 15) is 21.6 Å². The van der Waals surface area contributed by atoms with Gasteiger partial charge in [-0.3, -0.25) is 0 Å². The van der Waals surface area contributed by atoms with Gasteiger partial charge >= 0.3 is 0 Å². The lowest BCUT2D eigenvalue weighted by molar-refractivity contribution is 0.181. The fourth-order valence-electron chi connectivity index (χ4n) is 2.61. The molecule has 0 amide bonds. The minimum absolute atomic E-state index is 0.0494. The van der Waals surface area contributed by atoms with Gasteiger partial charge in [0.1, 0.15) is 4.90 Å². The van der Waals surface area contributed by atoms with E-state index < -0.39 is 32.4 Å². The lowest BCUT2D eigenvalue weighted by Crippen LogP contribution is -2.52. The molecule has 124 valence electrons. The van der Waals surface area contributed by atoms with Crippen molar-refractivity contribution in [2.45, 2.75) is 37.6 Å². The summed E-state index contributed by atoms with van der Waals surface area (Å²) in [5.41, 5.74) is -0.118. The topological polar surface area (TPSA) is 58.2 Å². The smallest absolute Gasteiger partial charge is 0.243 e. The third kappa shape index (κ3) is 3.44. The van der Waals surface area contributed by atoms with Crippen molar-refractivity contribution in [2.24, 2.45) is 5.41 Å². The molecular weight excluding hydrogens is 317 g/mol. The molecule has 0 saturated carbocycles. The van der Waals surface area contributed by atoms with Crippen LogP contribution in [0.25, 0.3) is 0 Å². The van der Waals surface area contributed by atoms with Gasteiger partial charge in [0.15, 0.2) is 17.5 Å². The number of benzene rings is 1. The van der Waals surface area contributed by atoms with Crippen LogP contribution in [0.4, 0.5) is 13.2 Å². The first-order chi connectivity index (χ1) is 10.1. The fourth-order valence-corrected chi connectivity index (χ4v) is 3.72. The minimum Gasteiger partial charge on any atom is -0.312 e. The van der Waals surface area contributed by atoms with Gasteiger partial charge in [-0.15, -0.1) is 0 Å². The van der Waals surface area contributed by atoms with Crippen LogP contribution in [-0.4, -0.2) is 27.5 Å². The van der Waals surface area contributed by atoms with E-state index in [1.165, 1.54) is 0 Å². The number of hydrogen-bond acceptors (Lipinski definition) is 3. The van der Waals surface area contributed by atoms with Crippen LogP contribution in [0.5, 0.6) is 0 Å². The molecule has 1 aliphatic rings. The molecule has 1 heterocycles. The Morgan fingerprint density at radius 2 is 1.95 bits per heavy atom. The van der Waals surface area contributed by atoms with Crippen LogP contribution in [-0.2, 0) is 10.0 Å². The van der Waals surface area contributed by atoms with E-state index >= 15 is 0 Å². The second kappa shape index (κ2) is 6.17. The van der Waals surface area contributed by atoms with Crippen LogP contribution in [0.1, 0.15) is 26.7 Å². The van der Waals surface area contributed by atoms with Crippen molar-refractivity contribution in [3.8, 4) is 0 Å². The standard InChI is InChI=1S/C14H19F3N2O2S/c1-14(2)6-3-7-18-11(14)8-19-22(20,21)10-5-4-9(15)12(16)13(10)17/h4-5,11,18-19H,3,6-8H2,1-2H3. The summed E-state index contributed by atoms with van der Waals surface area (Å²) in [6.07, 6.45) is 1.93. The molecule has 1 aliphatic heterocycles. The summed E-state index contributed by atoms with van der Waals surface area (Å²) in [6.45, 7) is 4.84. The van der Waals surface area contributed by atoms with Gasteiger partial charge in [0.05, 0.1) is 0 Å². The van der Waals surface area contributed by atoms with Gasteiger partial charge in [-0.05, 0) is 36.9 Å². The molecular formula is C14H19F3N2O2S. The van der Waals surface area contributed by atoms with Gasteiger partial charge in [0.25, 0.3) is 0 Å². The largest absolute Gasteiger partial charge is 0.312 e. The predicted molar refractivity (Wildman–Crippen MR) is 76.3 cm³/mol. The maximum absolute atomic E-state index is 13.6. The Bertz CT molecular complexity index is 662. The van der Waals surface area contributed by atoms with Crippen molar-refractivity contribution < 1.29 is 21.6 Å². The van der Waals surface area contributed by atoms with Crippen molar-refractivity contribution in [1.82, 2.24) is 10.0 Å². The molecule has 1 fully saturated rings. The summed E-state index contributed by atoms with van der Waals surface area (Å²) in [6, 6.07) is 1.19. The predicted octanol–water partition coefficient (Wildman–Crippen LogP) is 2.16. The van der Waals surface area contributed by atoms with E-state index in [0.29, 0.717) is 6.07 Å². The molecule has 4 nitrogen and oxygen atoms in total. The third-order valence-corrected chi connectivity index (χ3v) is 5.54. The van der Waals surface area contributed by atoms with Crippen LogP contribution in [0.2, 0.25) is 0 Å². The molecule has 22 heavy (non-hydrogen) atoms. The van der Waals surface area contributed by atoms with Gasteiger partial charge in [-0.1, -0.05) is 13.8 Å². The van der Waals surface area contributed by atoms with Crippen molar-refractivity contribution in [3.63, 3.8) is 0 Å². The number of hydrogen-bond donors (Lipinski definition) is 2. The molecule has 0 aliphatic carbocycles. The number of nitrogens with one attached hydrogen (secondary N) is 2. The molecule has 0 spiro atoms. The quantitative estimate of drug-likeness (QED) is 0.829. The van der Waals surface area contributed by atoms with Gasteiger partial charge in [-0.25, -0.2) is 26.3 Å². The Morgan fingerprint density at radius 3 is 2.59 bits per heavy atom. The second-order valence-electron chi connectivity index (χ2n) is 6.12. The normalized spacial score (nSPS) is 21.8. The summed E-state index contributed by atoms with van der Waals surface area (Å²) in [7, 11) is -4.25. The Kier molecular flexibility index (Phi) is 4.84. The minimum atomic E-state index is -4.25. The van der Waals surface area contributed by atoms with Crippen molar-refractivity contribution in [2.75, 3.05) is 13.1 Å². The lowest BCUT2D eigenvalue weighted by atomic mass is 9.78. The molecule has 0 aromatic heterocycles. The zero-order chi connectivity index (χ0) is 16.5. The number of sulfonamides is 1. The second-order valence-corrected chi connectivity index (χ2v) is 7.86. The van der Waals surface area contributed by atoms with Gasteiger partial charge in [0, 0.05) is 12.6 Å². The SMILES string of the molecule is CC1(C)CCCNC1CNS(=O)(=O)c1ccc(F)c(F)c1F. The maximum Gasteiger partial charge on any atom is 0.243 e. The van der Waals surface area contributed by atoms with Crippen molar-refractivity contribution in [3.05, 3.63) is 29.6 Å². The Balaban J connectivity index is 2.17. The summed E-state index contributed by atoms with van der Waals surface area (Å²) in [5.74, 6) is -4.92. The Hall–Kier alpha value is -1.12. The van der Waals surface area contributed by atoms with Crippen molar-refractivity contribution >= 4 is 10.0 Å². The third-order valence-electron chi connectivity index (χ3n) is 4.10. The van der Waals surface area contributed by atoms with Gasteiger partial charge in [0.2, 0.25) is 10.0 Å². The van der Waals surface area contributed by atoms with Crippen LogP contribution < -0.4 is 10.0 Å². The summed E-state index contributed by atoms with van der Waals surface area (Å²) >= 11 is 0. The average Bonchev–Trinajstić information content (AvgIpc) is 2.43. The summed E-state index contributed by atoms with van der Waals surface area (Å²) in [5, 5.41) is 3.21. The van der Waals surface area contributed by atoms with Crippen molar-refractivity contribution in [1.29, 1.82) is 0 Å². The van der Waals surface area contributed by atoms with Crippen LogP contribution >= 0.6 is 0 Å². The molecule has 1 unspecified atom stereocenters. The fraction of sp³-hybridized carbons (Fsp3) is 0.571. The van der Waals surface area contributed by atoms with E-state index in [2.05, 4.69) is 10.0 Å². The Morgan fingerprint density at radius 1 is 1.27 bits per heavy atom. The molecule has 2 rings (SSSR count). The molecule has 8 heteroatoms. The summed E-state index contributed by atoms with van der Waals surface area (Å²) in [4.78, 5) is -0.889. The highest BCUT2D eigenvalue weighted by molar-refractivity contribution is 7.89. The lowest BCUT2D eigenvalue weighted by Gasteiger charge is -2.39. The molecule has 2 N–H and O–H groups in total. The zero-order valence-electron chi connectivity index (χ0n) is 12.4. The van der Waals surface area contributed by atoms with Crippen LogP contribution in [0, 0.1) is 22.9 Å². The maximum atomic E-state index is 13.6. The molecule has 1 aromatic rings. The highest BCUT2D eigenvalue weighted by atomic mass is 32.2. The number of rotatable bonds is 4. The van der Waals surface area contributed by atoms with E-state index in [1.807, 2.05) is 13.8 Å². The molecule has 0 radical (unpaired) electrons. The monoisotopic (exact) mass is 336 g/mol. The van der Waals surface area contributed by atoms with E-state index in [-0.39, 0.29) is 18.0 Å². The molecule has 1 aromatic carbocycles. The van der Waals surface area contributed by atoms with E-state index in [4.69, 9.17) is 0 Å². The number of piperidine rings is 1. The Labute approximate surface area is 128 Å². The van der Waals surface area contributed by atoms with E-state index in [1.54, 1.807) is 0 Å². The molecule has 0 bridgehead atoms.